The molecule has 2 nitrogen and oxygen atoms in total. The lowest BCUT2D eigenvalue weighted by molar-refractivity contribution is 0.655. The summed E-state index contributed by atoms with van der Waals surface area (Å²) in [5, 5.41) is 8.06. The predicted octanol–water partition coefficient (Wildman–Crippen LogP) is 29.9. The van der Waals surface area contributed by atoms with Gasteiger partial charge in [0.2, 0.25) is 0 Å². The molecule has 0 fully saturated rings. The van der Waals surface area contributed by atoms with Crippen LogP contribution in [0.5, 0.6) is 0 Å². The van der Waals surface area contributed by atoms with E-state index in [4.69, 9.17) is 16.4 Å². The minimum absolute atomic E-state index is 0.611. The van der Waals surface area contributed by atoms with Gasteiger partial charge in [0.15, 0.2) is 0 Å². The lowest BCUT2D eigenvalue weighted by Crippen LogP contribution is -2.16. The lowest BCUT2D eigenvalue weighted by Gasteiger charge is -2.23. The molecule has 0 bridgehead atoms. The number of hydrogen-bond donors (Lipinski definition) is 0. The van der Waals surface area contributed by atoms with Gasteiger partial charge in [-0.15, -0.1) is 0 Å². The maximum Gasteiger partial charge on any atom is 0.0518 e. The van der Waals surface area contributed by atoms with Crippen LogP contribution >= 0.6 is 0 Å². The second kappa shape index (κ2) is 31.1. The Kier molecular flexibility index (Phi) is 17.9. The van der Waals surface area contributed by atoms with E-state index in [2.05, 4.69) is 205 Å². The highest BCUT2D eigenvalue weighted by Gasteiger charge is 2.39. The molecule has 0 N–H and O–H groups in total. The molecule has 2 heterocycles. The van der Waals surface area contributed by atoms with Crippen molar-refractivity contribution in [2.24, 2.45) is 14.1 Å². The highest BCUT2D eigenvalue weighted by molar-refractivity contribution is 6.74. The van der Waals surface area contributed by atoms with Crippen molar-refractivity contribution < 1.29 is 16.4 Å². The van der Waals surface area contributed by atoms with Gasteiger partial charge in [-0.05, 0) is 196 Å². The second-order valence-electron chi connectivity index (χ2n) is 33.3. The van der Waals surface area contributed by atoms with E-state index in [0.29, 0.717) is 0 Å². The molecule has 4 aliphatic rings. The Bertz CT molecular complexity index is 6590. The van der Waals surface area contributed by atoms with E-state index in [9.17, 15) is 0 Å². The Morgan fingerprint density at radius 3 is 1.23 bits per heavy atom. The molecule has 0 spiro atoms. The summed E-state index contributed by atoms with van der Waals surface area (Å²) < 4.78 is 100. The molecule has 0 aliphatic heterocycles. The number of hydrogen-bond acceptors (Lipinski definition) is 0. The Balaban J connectivity index is 0.000000123. The smallest absolute Gasteiger partial charge is 0.0518 e. The highest BCUT2D eigenvalue weighted by Crippen LogP contribution is 2.53. The average Bonchev–Trinajstić information content (AvgIpc) is 1.56. The topological polar surface area (TPSA) is 9.86 Å². The monoisotopic (exact) mass is 1480 g/mol. The molecule has 3 heteroatoms. The van der Waals surface area contributed by atoms with Gasteiger partial charge in [0.1, 0.15) is 0 Å². The summed E-state index contributed by atoms with van der Waals surface area (Å²) in [4.78, 5) is 0. The Morgan fingerprint density at radius 1 is 0.261 bits per heavy atom. The van der Waals surface area contributed by atoms with Crippen LogP contribution in [-0.2, 0) is 35.8 Å². The van der Waals surface area contributed by atoms with Gasteiger partial charge in [0.05, 0.1) is 5.52 Å². The number of fused-ring (bicyclic) bond motifs is 19. The molecule has 4 aliphatic carbocycles. The molecule has 4 atom stereocenters. The molecular weight excluding hydrogens is 1350 g/mol. The van der Waals surface area contributed by atoms with Crippen molar-refractivity contribution in [3.8, 4) is 44.5 Å². The van der Waals surface area contributed by atoms with Crippen molar-refractivity contribution in [2.75, 3.05) is 0 Å². The molecule has 20 rings (SSSR count). The van der Waals surface area contributed by atoms with Crippen LogP contribution in [0.25, 0.3) is 98.9 Å². The van der Waals surface area contributed by atoms with Gasteiger partial charge in [0, 0.05) is 98.4 Å². The Hall–Kier alpha value is -10.8. The highest BCUT2D eigenvalue weighted by atomic mass is 28.3. The first kappa shape index (κ1) is 63.9. The van der Waals surface area contributed by atoms with Crippen LogP contribution in [0.1, 0.15) is 161 Å². The first-order valence-electron chi connectivity index (χ1n) is 44.9. The summed E-state index contributed by atoms with van der Waals surface area (Å²) in [7, 11) is 3.65. The van der Waals surface area contributed by atoms with Crippen molar-refractivity contribution in [1.82, 2.24) is 9.13 Å². The maximum absolute atomic E-state index is 8.02. The molecular formula is C108H114N2Si. The summed E-state index contributed by atoms with van der Waals surface area (Å²) in [6.45, 7) is 25.1. The van der Waals surface area contributed by atoms with E-state index in [1.165, 1.54) is 76.6 Å². The van der Waals surface area contributed by atoms with Crippen molar-refractivity contribution in [3.05, 3.63) is 380 Å². The first-order chi connectivity index (χ1) is 57.8. The van der Waals surface area contributed by atoms with Crippen LogP contribution in [0.15, 0.2) is 291 Å². The van der Waals surface area contributed by atoms with E-state index in [0.717, 1.165) is 111 Å². The van der Waals surface area contributed by atoms with Crippen LogP contribution in [0.4, 0.5) is 0 Å². The van der Waals surface area contributed by atoms with Gasteiger partial charge in [-0.25, -0.2) is 0 Å². The van der Waals surface area contributed by atoms with E-state index in [-0.39, 0.29) is 0 Å². The summed E-state index contributed by atoms with van der Waals surface area (Å²) in [5.41, 5.74) is 27.3. The van der Waals surface area contributed by atoms with Crippen LogP contribution in [0, 0.1) is 55.4 Å². The van der Waals surface area contributed by atoms with Crippen LogP contribution in [-0.4, -0.2) is 17.2 Å². The second-order valence-corrected chi connectivity index (χ2v) is 39.3. The zero-order valence-electron chi connectivity index (χ0n) is 80.1. The molecule has 14 aromatic carbocycles. The van der Waals surface area contributed by atoms with Crippen molar-refractivity contribution in [3.63, 3.8) is 0 Å². The van der Waals surface area contributed by atoms with E-state index < -0.39 is 57.1 Å². The van der Waals surface area contributed by atoms with Gasteiger partial charge in [-0.2, -0.15) is 0 Å². The van der Waals surface area contributed by atoms with Crippen molar-refractivity contribution in [2.45, 2.75) is 158 Å². The molecule has 0 saturated carbocycles. The number of benzene rings is 14. The predicted molar refractivity (Wildman–Crippen MR) is 488 cm³/mol. The molecule has 0 amide bonds. The van der Waals surface area contributed by atoms with Gasteiger partial charge >= 0.3 is 0 Å². The van der Waals surface area contributed by atoms with Gasteiger partial charge in [-0.1, -0.05) is 377 Å². The van der Waals surface area contributed by atoms with Gasteiger partial charge in [0.25, 0.3) is 0 Å². The molecule has 2 aromatic heterocycles. The SMILES string of the molecule is C[Si](C)(C)C.Cc1ccc2c3ccccc3n(C)c2c1.Cc1ccc2cc(C)ccc2c1.Cc1cccc2c3ccccc3n(C)c12.[2H]C([2H])([2H])C1(C)c2ccccc2-c2c(C)cccc21.[2H]C([2H])([2H])C1(C)c2ccccc2-c2cc(C)ccc21.[2H]C([2H])([2H])C1(C)c2ccccc2-c2ccc(C)cc21.[2H]C([2H])([2H])C1(C)c2ccccc2-c2cccc(C)c21. The third-order valence-corrected chi connectivity index (χ3v) is 22.4. The fourth-order valence-electron chi connectivity index (χ4n) is 17.0. The average molecular weight is 1480 g/mol. The summed E-state index contributed by atoms with van der Waals surface area (Å²) in [5.74, 6) is 0. The maximum atomic E-state index is 8.02. The Morgan fingerprint density at radius 2 is 0.622 bits per heavy atom. The van der Waals surface area contributed by atoms with Crippen LogP contribution in [0.2, 0.25) is 26.2 Å². The molecule has 0 saturated heterocycles. The minimum Gasteiger partial charge on any atom is -0.344 e. The summed E-state index contributed by atoms with van der Waals surface area (Å²) in [6.07, 6.45) is 0. The minimum atomic E-state index is -2.06. The zero-order valence-corrected chi connectivity index (χ0v) is 69.1. The van der Waals surface area contributed by atoms with Gasteiger partial charge < -0.3 is 9.13 Å². The fourth-order valence-corrected chi connectivity index (χ4v) is 17.0. The standard InChI is InChI=1S/4C16H16.2C14H13N.C12H12.C4H12Si/c1-11-7-6-9-13-12-8-4-5-10-14(12)16(2,3)15(11)13;1-11-7-6-10-14-15(11)12-8-4-5-9-13(12)16(14,2)3;1-11-8-9-15-13(10-11)12-6-4-5-7-14(12)16(15,2)3;1-11-8-9-13-12-6-4-5-7-14(12)16(2,3)15(13)10-11;1-10-6-5-8-12-11-7-3-4-9-13(11)15(2)14(10)12;1-10-7-8-12-11-5-3-4-6-13(11)15(2)14(12)9-10;1-9-3-5-12-8-10(2)4-6-11(12)7-9;1-5(2,3)4/h4*4-10H,1-3H3;2*3-9H,1-2H3;3-8H,1-2H3;1-4H3/i4*2D3;;;;. The number of nitrogens with zero attached hydrogens (tertiary/aromatic N) is 2. The largest absolute Gasteiger partial charge is 0.344 e. The Labute approximate surface area is 681 Å². The van der Waals surface area contributed by atoms with Crippen molar-refractivity contribution in [1.29, 1.82) is 0 Å². The normalized spacial score (nSPS) is 19.3. The van der Waals surface area contributed by atoms with Gasteiger partial charge in [-0.3, -0.25) is 0 Å². The number of rotatable bonds is 0. The first-order valence-corrected chi connectivity index (χ1v) is 42.9. The van der Waals surface area contributed by atoms with E-state index in [1.807, 2.05) is 219 Å². The molecule has 4 unspecified atom stereocenters. The van der Waals surface area contributed by atoms with E-state index >= 15 is 0 Å². The molecule has 111 heavy (non-hydrogen) atoms. The molecule has 0 radical (unpaired) electrons. The number of para-hydroxylation sites is 3. The third kappa shape index (κ3) is 15.4. The lowest BCUT2D eigenvalue weighted by atomic mass is 9.80. The third-order valence-electron chi connectivity index (χ3n) is 22.4. The molecule has 16 aromatic rings. The van der Waals surface area contributed by atoms with E-state index in [1.54, 1.807) is 0 Å². The zero-order chi connectivity index (χ0) is 89.2. The number of aromatic nitrogens is 2. The summed E-state index contributed by atoms with van der Waals surface area (Å²) in [6, 6.07) is 98.9. The fraction of sp³-hybridized carbons (Fsp3) is 0.241. The molecule has 560 valence electrons. The van der Waals surface area contributed by atoms with Crippen molar-refractivity contribution >= 4 is 62.5 Å². The quantitative estimate of drug-likeness (QED) is 0.134. The summed E-state index contributed by atoms with van der Waals surface area (Å²) >= 11 is 0. The van der Waals surface area contributed by atoms with Crippen LogP contribution in [0.3, 0.4) is 0 Å². The number of aryl methyl sites for hydroxylation is 10. The van der Waals surface area contributed by atoms with Crippen LogP contribution < -0.4 is 0 Å².